The minimum absolute atomic E-state index is 0.0481. The van der Waals surface area contributed by atoms with Crippen LogP contribution in [-0.2, 0) is 9.59 Å². The van der Waals surface area contributed by atoms with Gasteiger partial charge in [-0.3, -0.25) is 20.3 Å². The van der Waals surface area contributed by atoms with E-state index in [4.69, 9.17) is 5.11 Å². The molecule has 0 radical (unpaired) electrons. The summed E-state index contributed by atoms with van der Waals surface area (Å²) in [5, 5.41) is 13.6. The molecule has 3 unspecified atom stereocenters. The van der Waals surface area contributed by atoms with Crippen LogP contribution in [0, 0.1) is 5.92 Å². The van der Waals surface area contributed by atoms with Crippen molar-refractivity contribution in [1.82, 2.24) is 15.8 Å². The van der Waals surface area contributed by atoms with Crippen molar-refractivity contribution in [1.29, 1.82) is 0 Å². The van der Waals surface area contributed by atoms with Crippen LogP contribution >= 0.6 is 0 Å². The van der Waals surface area contributed by atoms with Crippen molar-refractivity contribution in [2.75, 3.05) is 6.54 Å². The van der Waals surface area contributed by atoms with Gasteiger partial charge in [0, 0.05) is 12.6 Å². The van der Waals surface area contributed by atoms with Crippen LogP contribution in [0.15, 0.2) is 0 Å². The van der Waals surface area contributed by atoms with E-state index in [2.05, 4.69) is 10.7 Å². The molecule has 0 saturated carbocycles. The van der Waals surface area contributed by atoms with E-state index in [1.807, 2.05) is 6.92 Å². The normalized spacial score (nSPS) is 37.8. The highest BCUT2D eigenvalue weighted by atomic mass is 16.4. The fourth-order valence-electron chi connectivity index (χ4n) is 2.02. The minimum atomic E-state index is -0.829. The van der Waals surface area contributed by atoms with Gasteiger partial charge in [-0.2, -0.15) is 0 Å². The van der Waals surface area contributed by atoms with Gasteiger partial charge in [0.25, 0.3) is 0 Å². The number of fused-ring (bicyclic) bond motifs is 1. The van der Waals surface area contributed by atoms with Crippen molar-refractivity contribution in [2.45, 2.75) is 25.6 Å². The molecule has 2 saturated heterocycles. The third-order valence-electron chi connectivity index (χ3n) is 2.88. The molecule has 6 heteroatoms. The lowest BCUT2D eigenvalue weighted by Gasteiger charge is -2.38. The number of carbonyl (C=O) groups is 2. The molecule has 0 spiro atoms. The Morgan fingerprint density at radius 1 is 1.64 bits per heavy atom. The number of rotatable bonds is 1. The Morgan fingerprint density at radius 3 is 3.00 bits per heavy atom. The highest BCUT2D eigenvalue weighted by molar-refractivity contribution is 5.78. The second-order valence-electron chi connectivity index (χ2n) is 3.76. The smallest absolute Gasteiger partial charge is 0.309 e. The molecule has 0 aromatic carbocycles. The lowest BCUT2D eigenvalue weighted by atomic mass is 9.98. The summed E-state index contributed by atoms with van der Waals surface area (Å²) in [6, 6.07) is -0.162. The monoisotopic (exact) mass is 199 g/mol. The van der Waals surface area contributed by atoms with Crippen molar-refractivity contribution in [3.8, 4) is 0 Å². The molecule has 1 amide bonds. The maximum Gasteiger partial charge on any atom is 0.309 e. The summed E-state index contributed by atoms with van der Waals surface area (Å²) in [7, 11) is 0. The molecule has 2 fully saturated rings. The lowest BCUT2D eigenvalue weighted by molar-refractivity contribution is -0.147. The molecule has 78 valence electrons. The van der Waals surface area contributed by atoms with Gasteiger partial charge in [-0.1, -0.05) is 0 Å². The van der Waals surface area contributed by atoms with Crippen molar-refractivity contribution >= 4 is 11.9 Å². The van der Waals surface area contributed by atoms with Crippen LogP contribution in [0.4, 0.5) is 0 Å². The summed E-state index contributed by atoms with van der Waals surface area (Å²) < 4.78 is 0. The van der Waals surface area contributed by atoms with Gasteiger partial charge in [-0.15, -0.1) is 0 Å². The molecule has 2 aliphatic rings. The van der Waals surface area contributed by atoms with Gasteiger partial charge in [0.15, 0.2) is 0 Å². The number of carboxylic acid groups (broad SMARTS) is 1. The number of carboxylic acids is 1. The maximum atomic E-state index is 11.1. The first kappa shape index (κ1) is 9.42. The standard InChI is InChI=1S/C8H13N3O3/c1-4-5(8(13)14)3-9-6-2-7(12)10-11(4)6/h4-6,9H,2-3H2,1H3,(H,10,12)(H,13,14). The number of nitrogens with zero attached hydrogens (tertiary/aromatic N) is 1. The molecule has 0 bridgehead atoms. The van der Waals surface area contributed by atoms with Crippen LogP contribution in [0.2, 0.25) is 0 Å². The van der Waals surface area contributed by atoms with E-state index in [1.165, 1.54) is 0 Å². The molecular weight excluding hydrogens is 186 g/mol. The van der Waals surface area contributed by atoms with Crippen LogP contribution in [-0.4, -0.2) is 40.7 Å². The first-order valence-corrected chi connectivity index (χ1v) is 4.63. The molecule has 2 rings (SSSR count). The van der Waals surface area contributed by atoms with Crippen LogP contribution in [0.1, 0.15) is 13.3 Å². The predicted octanol–water partition coefficient (Wildman–Crippen LogP) is -1.26. The van der Waals surface area contributed by atoms with E-state index in [1.54, 1.807) is 5.01 Å². The minimum Gasteiger partial charge on any atom is -0.481 e. The van der Waals surface area contributed by atoms with Crippen LogP contribution in [0.25, 0.3) is 0 Å². The SMILES string of the molecule is CC1C(C(=O)O)CNC2CC(=O)NN21. The van der Waals surface area contributed by atoms with Crippen LogP contribution in [0.3, 0.4) is 0 Å². The first-order valence-electron chi connectivity index (χ1n) is 4.63. The summed E-state index contributed by atoms with van der Waals surface area (Å²) in [4.78, 5) is 21.9. The van der Waals surface area contributed by atoms with Gasteiger partial charge in [0.2, 0.25) is 5.91 Å². The van der Waals surface area contributed by atoms with Gasteiger partial charge in [-0.25, -0.2) is 5.01 Å². The zero-order valence-electron chi connectivity index (χ0n) is 7.86. The number of aliphatic carboxylic acids is 1. The van der Waals surface area contributed by atoms with E-state index in [-0.39, 0.29) is 18.1 Å². The molecule has 6 nitrogen and oxygen atoms in total. The molecule has 0 aliphatic carbocycles. The van der Waals surface area contributed by atoms with Crippen molar-refractivity contribution < 1.29 is 14.7 Å². The van der Waals surface area contributed by atoms with E-state index in [0.29, 0.717) is 13.0 Å². The molecule has 0 aromatic heterocycles. The Bertz CT molecular complexity index is 281. The number of hydrogen-bond donors (Lipinski definition) is 3. The highest BCUT2D eigenvalue weighted by Crippen LogP contribution is 2.21. The molecule has 2 heterocycles. The van der Waals surface area contributed by atoms with Gasteiger partial charge >= 0.3 is 5.97 Å². The molecule has 0 aromatic rings. The van der Waals surface area contributed by atoms with Gasteiger partial charge in [0.1, 0.15) is 0 Å². The van der Waals surface area contributed by atoms with E-state index >= 15 is 0 Å². The molecular formula is C8H13N3O3. The summed E-state index contributed by atoms with van der Waals surface area (Å²) in [6.07, 6.45) is 0.351. The Labute approximate surface area is 81.2 Å². The fourth-order valence-corrected chi connectivity index (χ4v) is 2.02. The zero-order valence-corrected chi connectivity index (χ0v) is 7.86. The van der Waals surface area contributed by atoms with E-state index in [9.17, 15) is 9.59 Å². The Hall–Kier alpha value is -1.14. The summed E-state index contributed by atoms with van der Waals surface area (Å²) >= 11 is 0. The fraction of sp³-hybridized carbons (Fsp3) is 0.750. The average Bonchev–Trinajstić information content (AvgIpc) is 2.46. The molecule has 3 N–H and O–H groups in total. The van der Waals surface area contributed by atoms with Crippen LogP contribution < -0.4 is 10.7 Å². The summed E-state index contributed by atoms with van der Waals surface area (Å²) in [6.45, 7) is 2.24. The number of carbonyl (C=O) groups excluding carboxylic acids is 1. The maximum absolute atomic E-state index is 11.1. The number of hydrazine groups is 1. The van der Waals surface area contributed by atoms with Gasteiger partial charge < -0.3 is 5.11 Å². The predicted molar refractivity (Wildman–Crippen MR) is 47.0 cm³/mol. The molecule has 14 heavy (non-hydrogen) atoms. The Kier molecular flexibility index (Phi) is 2.16. The Balaban J connectivity index is 2.12. The number of amides is 1. The largest absolute Gasteiger partial charge is 0.481 e. The first-order chi connectivity index (χ1) is 6.59. The summed E-state index contributed by atoms with van der Waals surface area (Å²) in [5.74, 6) is -1.35. The average molecular weight is 199 g/mol. The third kappa shape index (κ3) is 1.36. The number of nitrogens with one attached hydrogen (secondary N) is 2. The second-order valence-corrected chi connectivity index (χ2v) is 3.76. The van der Waals surface area contributed by atoms with Crippen molar-refractivity contribution in [3.05, 3.63) is 0 Å². The van der Waals surface area contributed by atoms with Crippen LogP contribution in [0.5, 0.6) is 0 Å². The van der Waals surface area contributed by atoms with Crippen molar-refractivity contribution in [3.63, 3.8) is 0 Å². The third-order valence-corrected chi connectivity index (χ3v) is 2.88. The quantitative estimate of drug-likeness (QED) is 0.491. The molecule has 2 aliphatic heterocycles. The second kappa shape index (κ2) is 3.21. The lowest BCUT2D eigenvalue weighted by Crippen LogP contribution is -2.61. The van der Waals surface area contributed by atoms with Gasteiger partial charge in [-0.05, 0) is 6.92 Å². The topological polar surface area (TPSA) is 81.7 Å². The zero-order chi connectivity index (χ0) is 10.3. The number of hydrogen-bond acceptors (Lipinski definition) is 4. The highest BCUT2D eigenvalue weighted by Gasteiger charge is 2.42. The Morgan fingerprint density at radius 2 is 2.36 bits per heavy atom. The van der Waals surface area contributed by atoms with Gasteiger partial charge in [0.05, 0.1) is 18.5 Å². The van der Waals surface area contributed by atoms with Crippen molar-refractivity contribution in [2.24, 2.45) is 5.92 Å². The molecule has 3 atom stereocenters. The van der Waals surface area contributed by atoms with E-state index in [0.717, 1.165) is 0 Å². The summed E-state index contributed by atoms with van der Waals surface area (Å²) in [5.41, 5.74) is 2.66. The van der Waals surface area contributed by atoms with E-state index < -0.39 is 11.9 Å².